The molecule has 1 saturated heterocycles. The van der Waals surface area contributed by atoms with Gasteiger partial charge in [0.25, 0.3) is 0 Å². The second kappa shape index (κ2) is 8.35. The number of hydrogen-bond acceptors (Lipinski definition) is 3. The second-order valence-corrected chi connectivity index (χ2v) is 6.75. The van der Waals surface area contributed by atoms with Crippen LogP contribution in [-0.4, -0.2) is 60.6 Å². The molecule has 1 aliphatic carbocycles. The first-order valence-electron chi connectivity index (χ1n) is 8.96. The maximum absolute atomic E-state index is 3.82. The lowest BCUT2D eigenvalue weighted by atomic mass is 9.95. The van der Waals surface area contributed by atoms with Gasteiger partial charge in [0.05, 0.1) is 0 Å². The SMILES string of the molecule is CCN(CC)C1CCN(C(C)CNC2CCCCC2)C1. The van der Waals surface area contributed by atoms with Gasteiger partial charge in [-0.2, -0.15) is 0 Å². The quantitative estimate of drug-likeness (QED) is 0.774. The molecule has 2 unspecified atom stereocenters. The van der Waals surface area contributed by atoms with Crippen molar-refractivity contribution in [2.75, 3.05) is 32.7 Å². The topological polar surface area (TPSA) is 18.5 Å². The van der Waals surface area contributed by atoms with E-state index in [1.54, 1.807) is 0 Å². The molecule has 2 aliphatic rings. The smallest absolute Gasteiger partial charge is 0.0235 e. The average Bonchev–Trinajstić information content (AvgIpc) is 2.97. The van der Waals surface area contributed by atoms with E-state index in [0.29, 0.717) is 6.04 Å². The molecule has 2 atom stereocenters. The number of hydrogen-bond donors (Lipinski definition) is 1. The lowest BCUT2D eigenvalue weighted by Crippen LogP contribution is -2.44. The molecular weight excluding hydrogens is 246 g/mol. The summed E-state index contributed by atoms with van der Waals surface area (Å²) in [5, 5.41) is 3.82. The highest BCUT2D eigenvalue weighted by atomic mass is 15.3. The summed E-state index contributed by atoms with van der Waals surface area (Å²) >= 11 is 0. The van der Waals surface area contributed by atoms with Gasteiger partial charge >= 0.3 is 0 Å². The Kier molecular flexibility index (Phi) is 6.79. The fourth-order valence-corrected chi connectivity index (χ4v) is 3.98. The zero-order valence-electron chi connectivity index (χ0n) is 13.9. The zero-order valence-corrected chi connectivity index (χ0v) is 13.9. The van der Waals surface area contributed by atoms with Gasteiger partial charge in [-0.1, -0.05) is 33.1 Å². The molecule has 0 aromatic rings. The highest BCUT2D eigenvalue weighted by molar-refractivity contribution is 4.86. The highest BCUT2D eigenvalue weighted by Gasteiger charge is 2.29. The molecule has 2 rings (SSSR count). The number of rotatable bonds is 7. The van der Waals surface area contributed by atoms with Crippen molar-refractivity contribution in [3.8, 4) is 0 Å². The summed E-state index contributed by atoms with van der Waals surface area (Å²) in [5.41, 5.74) is 0. The Morgan fingerprint density at radius 3 is 2.45 bits per heavy atom. The first kappa shape index (κ1) is 16.3. The Morgan fingerprint density at radius 2 is 1.80 bits per heavy atom. The van der Waals surface area contributed by atoms with Crippen molar-refractivity contribution in [1.29, 1.82) is 0 Å². The van der Waals surface area contributed by atoms with Crippen LogP contribution in [0, 0.1) is 0 Å². The van der Waals surface area contributed by atoms with Crippen LogP contribution in [0.3, 0.4) is 0 Å². The largest absolute Gasteiger partial charge is 0.312 e. The van der Waals surface area contributed by atoms with Gasteiger partial charge in [0, 0.05) is 37.8 Å². The van der Waals surface area contributed by atoms with Gasteiger partial charge in [0.15, 0.2) is 0 Å². The van der Waals surface area contributed by atoms with Gasteiger partial charge in [-0.25, -0.2) is 0 Å². The molecule has 0 aromatic carbocycles. The number of nitrogens with zero attached hydrogens (tertiary/aromatic N) is 2. The van der Waals surface area contributed by atoms with Crippen LogP contribution in [0.25, 0.3) is 0 Å². The summed E-state index contributed by atoms with van der Waals surface area (Å²) in [5.74, 6) is 0. The minimum atomic E-state index is 0.692. The molecule has 0 bridgehead atoms. The summed E-state index contributed by atoms with van der Waals surface area (Å²) in [4.78, 5) is 5.32. The van der Waals surface area contributed by atoms with Crippen LogP contribution in [-0.2, 0) is 0 Å². The van der Waals surface area contributed by atoms with Crippen LogP contribution in [0.1, 0.15) is 59.3 Å². The molecular formula is C17H35N3. The fourth-order valence-electron chi connectivity index (χ4n) is 3.98. The Bertz CT molecular complexity index is 259. The van der Waals surface area contributed by atoms with E-state index in [1.165, 1.54) is 71.2 Å². The van der Waals surface area contributed by atoms with Crippen LogP contribution < -0.4 is 5.32 Å². The molecule has 1 aliphatic heterocycles. The lowest BCUT2D eigenvalue weighted by Gasteiger charge is -2.30. The van der Waals surface area contributed by atoms with Gasteiger partial charge in [-0.05, 0) is 39.3 Å². The molecule has 1 N–H and O–H groups in total. The maximum atomic E-state index is 3.82. The summed E-state index contributed by atoms with van der Waals surface area (Å²) in [6.07, 6.45) is 8.46. The van der Waals surface area contributed by atoms with Crippen LogP contribution in [0.2, 0.25) is 0 Å². The molecule has 3 nitrogen and oxygen atoms in total. The van der Waals surface area contributed by atoms with E-state index in [4.69, 9.17) is 0 Å². The molecule has 20 heavy (non-hydrogen) atoms. The highest BCUT2D eigenvalue weighted by Crippen LogP contribution is 2.19. The van der Waals surface area contributed by atoms with Gasteiger partial charge in [-0.15, -0.1) is 0 Å². The summed E-state index contributed by atoms with van der Waals surface area (Å²) in [7, 11) is 0. The van der Waals surface area contributed by atoms with E-state index in [0.717, 1.165) is 12.1 Å². The Hall–Kier alpha value is -0.120. The van der Waals surface area contributed by atoms with Crippen LogP contribution >= 0.6 is 0 Å². The number of likely N-dealkylation sites (N-methyl/N-ethyl adjacent to an activating group) is 1. The zero-order chi connectivity index (χ0) is 14.4. The van der Waals surface area contributed by atoms with E-state index in [-0.39, 0.29) is 0 Å². The number of likely N-dealkylation sites (tertiary alicyclic amines) is 1. The number of nitrogens with one attached hydrogen (secondary N) is 1. The molecule has 118 valence electrons. The van der Waals surface area contributed by atoms with Gasteiger partial charge < -0.3 is 5.32 Å². The summed E-state index contributed by atoms with van der Waals surface area (Å²) in [6, 6.07) is 2.28. The Morgan fingerprint density at radius 1 is 1.10 bits per heavy atom. The van der Waals surface area contributed by atoms with Gasteiger partial charge in [-0.3, -0.25) is 9.80 Å². The average molecular weight is 281 g/mol. The molecule has 0 radical (unpaired) electrons. The Balaban J connectivity index is 1.69. The first-order valence-corrected chi connectivity index (χ1v) is 8.96. The van der Waals surface area contributed by atoms with Crippen LogP contribution in [0.4, 0.5) is 0 Å². The third-order valence-corrected chi connectivity index (χ3v) is 5.45. The lowest BCUT2D eigenvalue weighted by molar-refractivity contribution is 0.187. The van der Waals surface area contributed by atoms with Crippen LogP contribution in [0.5, 0.6) is 0 Å². The van der Waals surface area contributed by atoms with Gasteiger partial charge in [0.2, 0.25) is 0 Å². The first-order chi connectivity index (χ1) is 9.74. The summed E-state index contributed by atoms with van der Waals surface area (Å²) in [6.45, 7) is 13.1. The van der Waals surface area contributed by atoms with Crippen molar-refractivity contribution in [3.05, 3.63) is 0 Å². The monoisotopic (exact) mass is 281 g/mol. The Labute approximate surface area is 126 Å². The van der Waals surface area contributed by atoms with E-state index in [1.807, 2.05) is 0 Å². The molecule has 1 saturated carbocycles. The predicted molar refractivity (Wildman–Crippen MR) is 87.2 cm³/mol. The van der Waals surface area contributed by atoms with Crippen molar-refractivity contribution >= 4 is 0 Å². The normalized spacial score (nSPS) is 27.3. The van der Waals surface area contributed by atoms with E-state index in [2.05, 4.69) is 35.9 Å². The van der Waals surface area contributed by atoms with Gasteiger partial charge in [0.1, 0.15) is 0 Å². The molecule has 0 aromatic heterocycles. The standard InChI is InChI=1S/C17H35N3/c1-4-19(5-2)17-11-12-20(14-17)15(3)13-18-16-9-7-6-8-10-16/h15-18H,4-14H2,1-3H3. The predicted octanol–water partition coefficient (Wildman–Crippen LogP) is 2.71. The van der Waals surface area contributed by atoms with Crippen molar-refractivity contribution < 1.29 is 0 Å². The second-order valence-electron chi connectivity index (χ2n) is 6.75. The van der Waals surface area contributed by atoms with Crippen molar-refractivity contribution in [2.45, 2.75) is 77.4 Å². The van der Waals surface area contributed by atoms with Crippen LogP contribution in [0.15, 0.2) is 0 Å². The molecule has 0 amide bonds. The fraction of sp³-hybridized carbons (Fsp3) is 1.00. The van der Waals surface area contributed by atoms with E-state index >= 15 is 0 Å². The molecule has 0 spiro atoms. The van der Waals surface area contributed by atoms with Crippen molar-refractivity contribution in [2.24, 2.45) is 0 Å². The maximum Gasteiger partial charge on any atom is 0.0235 e. The third kappa shape index (κ3) is 4.44. The molecule has 1 heterocycles. The van der Waals surface area contributed by atoms with E-state index < -0.39 is 0 Å². The minimum absolute atomic E-state index is 0.692. The van der Waals surface area contributed by atoms with Crippen molar-refractivity contribution in [3.63, 3.8) is 0 Å². The molecule has 3 heteroatoms. The summed E-state index contributed by atoms with van der Waals surface area (Å²) < 4.78 is 0. The molecule has 2 fully saturated rings. The minimum Gasteiger partial charge on any atom is -0.312 e. The van der Waals surface area contributed by atoms with Crippen molar-refractivity contribution in [1.82, 2.24) is 15.1 Å². The van der Waals surface area contributed by atoms with E-state index in [9.17, 15) is 0 Å². The third-order valence-electron chi connectivity index (χ3n) is 5.45.